The summed E-state index contributed by atoms with van der Waals surface area (Å²) in [7, 11) is -3.72. The van der Waals surface area contributed by atoms with Gasteiger partial charge in [-0.3, -0.25) is 9.52 Å². The Kier molecular flexibility index (Phi) is 6.38. The van der Waals surface area contributed by atoms with Crippen molar-refractivity contribution in [2.24, 2.45) is 0 Å². The molecule has 0 saturated carbocycles. The van der Waals surface area contributed by atoms with E-state index in [1.807, 2.05) is 18.2 Å². The molecule has 0 aliphatic heterocycles. The summed E-state index contributed by atoms with van der Waals surface area (Å²) >= 11 is 2.82. The van der Waals surface area contributed by atoms with Gasteiger partial charge in [0.15, 0.2) is 5.13 Å². The Morgan fingerprint density at radius 3 is 2.46 bits per heavy atom. The van der Waals surface area contributed by atoms with Crippen LogP contribution in [0, 0.1) is 0 Å². The Morgan fingerprint density at radius 1 is 1.11 bits per heavy atom. The summed E-state index contributed by atoms with van der Waals surface area (Å²) < 4.78 is 27.2. The van der Waals surface area contributed by atoms with Crippen molar-refractivity contribution in [2.45, 2.75) is 28.9 Å². The van der Waals surface area contributed by atoms with Gasteiger partial charge in [-0.05, 0) is 36.4 Å². The van der Waals surface area contributed by atoms with Gasteiger partial charge < -0.3 is 5.32 Å². The number of anilines is 2. The third-order valence-electron chi connectivity index (χ3n) is 3.57. The van der Waals surface area contributed by atoms with Crippen molar-refractivity contribution in [1.29, 1.82) is 0 Å². The molecule has 0 fully saturated rings. The molecule has 0 aliphatic carbocycles. The average Bonchev–Trinajstić information content (AvgIpc) is 3.14. The molecule has 0 unspecified atom stereocenters. The molecule has 1 aromatic heterocycles. The smallest absolute Gasteiger partial charge is 0.263 e. The number of nitrogens with zero attached hydrogens (tertiary/aromatic N) is 1. The molecule has 1 amide bonds. The van der Waals surface area contributed by atoms with E-state index in [-0.39, 0.29) is 10.8 Å². The highest BCUT2D eigenvalue weighted by molar-refractivity contribution is 8.00. The number of hydrogen-bond donors (Lipinski definition) is 2. The topological polar surface area (TPSA) is 88.2 Å². The Morgan fingerprint density at radius 2 is 1.82 bits per heavy atom. The van der Waals surface area contributed by atoms with Crippen molar-refractivity contribution in [3.63, 3.8) is 0 Å². The fraction of sp³-hybridized carbons (Fsp3) is 0.158. The van der Waals surface area contributed by atoms with Crippen molar-refractivity contribution in [3.05, 3.63) is 65.7 Å². The quantitative estimate of drug-likeness (QED) is 0.528. The minimum Gasteiger partial charge on any atom is -0.322 e. The second-order valence-corrected chi connectivity index (χ2v) is 10.3. The maximum Gasteiger partial charge on any atom is 0.263 e. The van der Waals surface area contributed by atoms with E-state index in [0.29, 0.717) is 21.6 Å². The van der Waals surface area contributed by atoms with Gasteiger partial charge in [0, 0.05) is 27.4 Å². The molecule has 0 atom stereocenters. The number of aromatic nitrogens is 1. The van der Waals surface area contributed by atoms with Crippen molar-refractivity contribution >= 4 is 49.8 Å². The minimum absolute atomic E-state index is 0.0939. The first-order valence-electron chi connectivity index (χ1n) is 8.44. The summed E-state index contributed by atoms with van der Waals surface area (Å²) in [6.07, 6.45) is 1.52. The molecule has 3 rings (SSSR count). The highest BCUT2D eigenvalue weighted by atomic mass is 32.2. The van der Waals surface area contributed by atoms with Crippen LogP contribution in [0.25, 0.3) is 0 Å². The lowest BCUT2D eigenvalue weighted by atomic mass is 10.2. The normalized spacial score (nSPS) is 11.4. The molecule has 1 heterocycles. The second-order valence-electron chi connectivity index (χ2n) is 6.08. The van der Waals surface area contributed by atoms with Crippen LogP contribution in [0.1, 0.15) is 24.2 Å². The van der Waals surface area contributed by atoms with E-state index in [1.54, 1.807) is 35.3 Å². The largest absolute Gasteiger partial charge is 0.322 e. The van der Waals surface area contributed by atoms with Crippen LogP contribution in [0.5, 0.6) is 0 Å². The number of thioether (sulfide) groups is 1. The summed E-state index contributed by atoms with van der Waals surface area (Å²) in [6.45, 7) is 4.14. The molecule has 0 bridgehead atoms. The van der Waals surface area contributed by atoms with Crippen LogP contribution in [0.2, 0.25) is 0 Å². The highest BCUT2D eigenvalue weighted by Crippen LogP contribution is 2.27. The monoisotopic (exact) mass is 433 g/mol. The van der Waals surface area contributed by atoms with Crippen molar-refractivity contribution < 1.29 is 13.2 Å². The van der Waals surface area contributed by atoms with Crippen molar-refractivity contribution in [2.75, 3.05) is 10.0 Å². The van der Waals surface area contributed by atoms with E-state index in [9.17, 15) is 13.2 Å². The summed E-state index contributed by atoms with van der Waals surface area (Å²) in [5, 5.41) is 5.16. The summed E-state index contributed by atoms with van der Waals surface area (Å²) in [6, 6.07) is 13.4. The molecular weight excluding hydrogens is 414 g/mol. The van der Waals surface area contributed by atoms with Gasteiger partial charge in [-0.15, -0.1) is 23.1 Å². The maximum atomic E-state index is 12.6. The number of sulfonamides is 1. The number of nitrogens with one attached hydrogen (secondary N) is 2. The van der Waals surface area contributed by atoms with Gasteiger partial charge >= 0.3 is 0 Å². The van der Waals surface area contributed by atoms with Crippen LogP contribution in [0.15, 0.2) is 69.9 Å². The fourth-order valence-electron chi connectivity index (χ4n) is 2.37. The first kappa shape index (κ1) is 20.4. The molecule has 9 heteroatoms. The average molecular weight is 434 g/mol. The van der Waals surface area contributed by atoms with Crippen LogP contribution < -0.4 is 10.0 Å². The summed E-state index contributed by atoms with van der Waals surface area (Å²) in [5.41, 5.74) is 1.10. The molecule has 0 aliphatic rings. The summed E-state index contributed by atoms with van der Waals surface area (Å²) in [5.74, 6) is -0.236. The predicted octanol–water partition coefficient (Wildman–Crippen LogP) is 4.70. The predicted molar refractivity (Wildman–Crippen MR) is 115 cm³/mol. The van der Waals surface area contributed by atoms with Gasteiger partial charge in [0.05, 0.1) is 10.5 Å². The number of thiazole rings is 1. The van der Waals surface area contributed by atoms with Crippen LogP contribution >= 0.6 is 23.1 Å². The van der Waals surface area contributed by atoms with Crippen LogP contribution in [0.4, 0.5) is 10.8 Å². The molecule has 0 saturated heterocycles. The molecule has 6 nitrogen and oxygen atoms in total. The zero-order valence-corrected chi connectivity index (χ0v) is 17.7. The van der Waals surface area contributed by atoms with E-state index < -0.39 is 10.0 Å². The van der Waals surface area contributed by atoms with Crippen LogP contribution in [-0.4, -0.2) is 24.6 Å². The number of benzene rings is 2. The van der Waals surface area contributed by atoms with Gasteiger partial charge in [-0.25, -0.2) is 13.4 Å². The molecule has 3 aromatic rings. The number of rotatable bonds is 7. The second kappa shape index (κ2) is 8.76. The SMILES string of the molecule is CC(C)Sc1ccccc1C(=O)Nc1ccc(S(=O)(=O)Nc2nccs2)cc1. The van der Waals surface area contributed by atoms with E-state index in [4.69, 9.17) is 0 Å². The number of carbonyl (C=O) groups is 1. The van der Waals surface area contributed by atoms with Crippen LogP contribution in [0.3, 0.4) is 0 Å². The van der Waals surface area contributed by atoms with Gasteiger partial charge in [-0.2, -0.15) is 0 Å². The molecular formula is C19H19N3O3S3. The third-order valence-corrected chi connectivity index (χ3v) is 6.82. The van der Waals surface area contributed by atoms with Gasteiger partial charge in [0.25, 0.3) is 15.9 Å². The zero-order chi connectivity index (χ0) is 20.1. The summed E-state index contributed by atoms with van der Waals surface area (Å²) in [4.78, 5) is 17.6. The Balaban J connectivity index is 1.73. The number of carbonyl (C=O) groups excluding carboxylic acids is 1. The molecule has 0 radical (unpaired) electrons. The van der Waals surface area contributed by atoms with E-state index in [1.165, 1.54) is 29.7 Å². The van der Waals surface area contributed by atoms with Crippen LogP contribution in [-0.2, 0) is 10.0 Å². The Hall–Kier alpha value is -2.36. The van der Waals surface area contributed by atoms with Gasteiger partial charge in [0.2, 0.25) is 0 Å². The molecule has 28 heavy (non-hydrogen) atoms. The Bertz CT molecular complexity index is 1050. The van der Waals surface area contributed by atoms with E-state index >= 15 is 0 Å². The fourth-order valence-corrected chi connectivity index (χ4v) is 5.12. The number of hydrogen-bond acceptors (Lipinski definition) is 6. The van der Waals surface area contributed by atoms with E-state index in [0.717, 1.165) is 4.90 Å². The third kappa shape index (κ3) is 5.12. The van der Waals surface area contributed by atoms with Crippen molar-refractivity contribution in [3.8, 4) is 0 Å². The molecule has 146 valence electrons. The minimum atomic E-state index is -3.72. The highest BCUT2D eigenvalue weighted by Gasteiger charge is 2.16. The van der Waals surface area contributed by atoms with Gasteiger partial charge in [-0.1, -0.05) is 26.0 Å². The first-order chi connectivity index (χ1) is 13.3. The first-order valence-corrected chi connectivity index (χ1v) is 11.7. The number of amides is 1. The standard InChI is InChI=1S/C19H19N3O3S3/c1-13(2)27-17-6-4-3-5-16(17)18(23)21-14-7-9-15(10-8-14)28(24,25)22-19-20-11-12-26-19/h3-13H,1-2H3,(H,20,22)(H,21,23). The van der Waals surface area contributed by atoms with E-state index in [2.05, 4.69) is 28.9 Å². The zero-order valence-electron chi connectivity index (χ0n) is 15.2. The molecule has 2 N–H and O–H groups in total. The lowest BCUT2D eigenvalue weighted by Gasteiger charge is -2.12. The Labute approximate surface area is 172 Å². The van der Waals surface area contributed by atoms with Crippen molar-refractivity contribution in [1.82, 2.24) is 4.98 Å². The lowest BCUT2D eigenvalue weighted by Crippen LogP contribution is -2.14. The van der Waals surface area contributed by atoms with Gasteiger partial charge in [0.1, 0.15) is 0 Å². The molecule has 0 spiro atoms. The lowest BCUT2D eigenvalue weighted by molar-refractivity contribution is 0.102. The maximum absolute atomic E-state index is 12.6. The molecule has 2 aromatic carbocycles.